The lowest BCUT2D eigenvalue weighted by Crippen LogP contribution is -2.47. The number of aliphatic hydroxyl groups is 1. The molecule has 2 aliphatic rings. The maximum absolute atomic E-state index is 11.4. The molecule has 26 heavy (non-hydrogen) atoms. The maximum Gasteiger partial charge on any atom is 0.114 e. The number of aliphatic hydroxyl groups excluding tert-OH is 1. The highest BCUT2D eigenvalue weighted by molar-refractivity contribution is 5.56. The summed E-state index contributed by atoms with van der Waals surface area (Å²) in [5.74, 6) is 0. The molecule has 2 N–H and O–H groups in total. The van der Waals surface area contributed by atoms with Crippen molar-refractivity contribution in [2.24, 2.45) is 0 Å². The number of aromatic nitrogens is 4. The van der Waals surface area contributed by atoms with Crippen LogP contribution in [0, 0.1) is 0 Å². The minimum atomic E-state index is -0.509. The van der Waals surface area contributed by atoms with E-state index in [1.807, 2.05) is 29.1 Å². The van der Waals surface area contributed by atoms with Crippen molar-refractivity contribution in [3.8, 4) is 11.3 Å². The standard InChI is InChI=1S/C20H21N5O/c26-19-18(25-13-17(23-24-25)14-4-3-9-22-12-14)15-5-1-2-6-16(15)20(19)7-10-21-11-8-20/h1-6,9,12-13,18-19,21,26H,7-8,10-11H2/t18-,19+/m1/s1. The average molecular weight is 347 g/mol. The van der Waals surface area contributed by atoms with Gasteiger partial charge in [-0.3, -0.25) is 4.98 Å². The van der Waals surface area contributed by atoms with E-state index in [1.165, 1.54) is 5.56 Å². The number of pyridine rings is 1. The first-order valence-electron chi connectivity index (χ1n) is 9.10. The Balaban J connectivity index is 1.59. The molecule has 1 spiro atoms. The van der Waals surface area contributed by atoms with Gasteiger partial charge in [0.25, 0.3) is 0 Å². The van der Waals surface area contributed by atoms with Crippen LogP contribution >= 0.6 is 0 Å². The van der Waals surface area contributed by atoms with Gasteiger partial charge in [-0.2, -0.15) is 0 Å². The maximum atomic E-state index is 11.4. The average Bonchev–Trinajstić information content (AvgIpc) is 3.27. The summed E-state index contributed by atoms with van der Waals surface area (Å²) in [5.41, 5.74) is 3.92. The zero-order valence-corrected chi connectivity index (χ0v) is 14.4. The number of piperidine rings is 1. The second kappa shape index (κ2) is 6.00. The van der Waals surface area contributed by atoms with Crippen molar-refractivity contribution in [3.05, 3.63) is 66.1 Å². The number of nitrogens with zero attached hydrogens (tertiary/aromatic N) is 4. The zero-order chi connectivity index (χ0) is 17.6. The van der Waals surface area contributed by atoms with E-state index < -0.39 is 6.10 Å². The molecule has 0 amide bonds. The molecular weight excluding hydrogens is 326 g/mol. The molecule has 0 unspecified atom stereocenters. The van der Waals surface area contributed by atoms with E-state index in [2.05, 4.69) is 38.8 Å². The summed E-state index contributed by atoms with van der Waals surface area (Å²) < 4.78 is 1.82. The van der Waals surface area contributed by atoms with Crippen molar-refractivity contribution in [3.63, 3.8) is 0 Å². The van der Waals surface area contributed by atoms with Gasteiger partial charge >= 0.3 is 0 Å². The second-order valence-corrected chi connectivity index (χ2v) is 7.21. The van der Waals surface area contributed by atoms with E-state index in [0.29, 0.717) is 0 Å². The number of nitrogens with one attached hydrogen (secondary N) is 1. The summed E-state index contributed by atoms with van der Waals surface area (Å²) in [4.78, 5) is 4.15. The second-order valence-electron chi connectivity index (χ2n) is 7.21. The summed E-state index contributed by atoms with van der Waals surface area (Å²) in [5, 5.41) is 23.5. The van der Waals surface area contributed by atoms with Crippen molar-refractivity contribution < 1.29 is 5.11 Å². The van der Waals surface area contributed by atoms with Gasteiger partial charge in [-0.15, -0.1) is 5.10 Å². The number of fused-ring (bicyclic) bond motifs is 2. The first kappa shape index (κ1) is 15.7. The van der Waals surface area contributed by atoms with Gasteiger partial charge in [0.05, 0.1) is 12.3 Å². The fraction of sp³-hybridized carbons (Fsp3) is 0.350. The molecule has 3 heterocycles. The lowest BCUT2D eigenvalue weighted by atomic mass is 9.72. The third-order valence-corrected chi connectivity index (χ3v) is 5.93. The molecule has 1 fully saturated rings. The Morgan fingerprint density at radius 3 is 2.77 bits per heavy atom. The third-order valence-electron chi connectivity index (χ3n) is 5.93. The Bertz CT molecular complexity index is 917. The summed E-state index contributed by atoms with van der Waals surface area (Å²) in [6.45, 7) is 1.85. The van der Waals surface area contributed by atoms with E-state index in [9.17, 15) is 5.11 Å². The lowest BCUT2D eigenvalue weighted by molar-refractivity contribution is 0.0421. The number of hydrogen-bond donors (Lipinski definition) is 2. The predicted molar refractivity (Wildman–Crippen MR) is 97.6 cm³/mol. The Hall–Kier alpha value is -2.57. The highest BCUT2D eigenvalue weighted by Crippen LogP contribution is 2.51. The van der Waals surface area contributed by atoms with Crippen LogP contribution < -0.4 is 5.32 Å². The lowest BCUT2D eigenvalue weighted by Gasteiger charge is -2.38. The van der Waals surface area contributed by atoms with E-state index in [0.717, 1.165) is 42.8 Å². The van der Waals surface area contributed by atoms with Crippen LogP contribution in [0.2, 0.25) is 0 Å². The minimum Gasteiger partial charge on any atom is -0.390 e. The highest BCUT2D eigenvalue weighted by Gasteiger charge is 2.52. The molecule has 1 aromatic carbocycles. The van der Waals surface area contributed by atoms with Crippen LogP contribution in [-0.4, -0.2) is 44.3 Å². The quantitative estimate of drug-likeness (QED) is 0.741. The smallest absolute Gasteiger partial charge is 0.114 e. The third kappa shape index (κ3) is 2.22. The van der Waals surface area contributed by atoms with Crippen LogP contribution in [0.15, 0.2) is 55.0 Å². The van der Waals surface area contributed by atoms with Gasteiger partial charge in [0, 0.05) is 23.4 Å². The SMILES string of the molecule is O[C@H]1[C@H](n2cc(-c3cccnc3)nn2)c2ccccc2C12CCNCC2. The van der Waals surface area contributed by atoms with Crippen LogP contribution in [0.5, 0.6) is 0 Å². The van der Waals surface area contributed by atoms with Crippen LogP contribution in [0.1, 0.15) is 30.0 Å². The monoisotopic (exact) mass is 347 g/mol. The normalized spacial score (nSPS) is 23.9. The first-order valence-corrected chi connectivity index (χ1v) is 9.10. The number of benzene rings is 1. The largest absolute Gasteiger partial charge is 0.390 e. The summed E-state index contributed by atoms with van der Waals surface area (Å²) in [6.07, 6.45) is 6.80. The molecule has 0 bridgehead atoms. The van der Waals surface area contributed by atoms with E-state index in [1.54, 1.807) is 12.4 Å². The van der Waals surface area contributed by atoms with Crippen LogP contribution in [0.4, 0.5) is 0 Å². The minimum absolute atomic E-state index is 0.201. The molecule has 132 valence electrons. The van der Waals surface area contributed by atoms with E-state index in [-0.39, 0.29) is 11.5 Å². The van der Waals surface area contributed by atoms with Gasteiger partial charge in [-0.1, -0.05) is 29.5 Å². The van der Waals surface area contributed by atoms with Gasteiger partial charge in [-0.05, 0) is 49.2 Å². The fourth-order valence-electron chi connectivity index (χ4n) is 4.62. The molecule has 6 nitrogen and oxygen atoms in total. The Morgan fingerprint density at radius 2 is 1.96 bits per heavy atom. The zero-order valence-electron chi connectivity index (χ0n) is 14.4. The van der Waals surface area contributed by atoms with Crippen LogP contribution in [0.3, 0.4) is 0 Å². The van der Waals surface area contributed by atoms with E-state index >= 15 is 0 Å². The molecule has 0 radical (unpaired) electrons. The molecule has 2 atom stereocenters. The van der Waals surface area contributed by atoms with Crippen molar-refractivity contribution >= 4 is 0 Å². The van der Waals surface area contributed by atoms with Gasteiger partial charge in [0.1, 0.15) is 11.7 Å². The predicted octanol–water partition coefficient (Wildman–Crippen LogP) is 1.93. The summed E-state index contributed by atoms with van der Waals surface area (Å²) >= 11 is 0. The fourth-order valence-corrected chi connectivity index (χ4v) is 4.62. The van der Waals surface area contributed by atoms with E-state index in [4.69, 9.17) is 0 Å². The molecule has 1 aliphatic carbocycles. The van der Waals surface area contributed by atoms with Gasteiger partial charge in [-0.25, -0.2) is 4.68 Å². The molecule has 3 aromatic rings. The molecule has 0 saturated carbocycles. The van der Waals surface area contributed by atoms with Crippen molar-refractivity contribution in [1.29, 1.82) is 0 Å². The van der Waals surface area contributed by atoms with Gasteiger partial charge in [0.15, 0.2) is 0 Å². The first-order chi connectivity index (χ1) is 12.8. The Morgan fingerprint density at radius 1 is 1.12 bits per heavy atom. The van der Waals surface area contributed by atoms with Crippen molar-refractivity contribution in [2.45, 2.75) is 30.4 Å². The molecule has 1 saturated heterocycles. The van der Waals surface area contributed by atoms with Crippen LogP contribution in [0.25, 0.3) is 11.3 Å². The highest BCUT2D eigenvalue weighted by atomic mass is 16.3. The molecule has 5 rings (SSSR count). The summed E-state index contributed by atoms with van der Waals surface area (Å²) in [7, 11) is 0. The Labute approximate surface area is 151 Å². The molecule has 1 aliphatic heterocycles. The topological polar surface area (TPSA) is 75.9 Å². The molecular formula is C20H21N5O. The molecule has 2 aromatic heterocycles. The van der Waals surface area contributed by atoms with Crippen molar-refractivity contribution in [2.75, 3.05) is 13.1 Å². The Kier molecular flexibility index (Phi) is 3.62. The van der Waals surface area contributed by atoms with Crippen molar-refractivity contribution in [1.82, 2.24) is 25.3 Å². The van der Waals surface area contributed by atoms with Gasteiger partial charge in [0.2, 0.25) is 0 Å². The van der Waals surface area contributed by atoms with Crippen LogP contribution in [-0.2, 0) is 5.41 Å². The van der Waals surface area contributed by atoms with Gasteiger partial charge < -0.3 is 10.4 Å². The number of rotatable bonds is 2. The summed E-state index contributed by atoms with van der Waals surface area (Å²) in [6, 6.07) is 12.0. The molecule has 6 heteroatoms. The number of hydrogen-bond acceptors (Lipinski definition) is 5.